The van der Waals surface area contributed by atoms with E-state index in [4.69, 9.17) is 0 Å². The minimum atomic E-state index is -1.22. The Morgan fingerprint density at radius 1 is 0.692 bits per heavy atom. The summed E-state index contributed by atoms with van der Waals surface area (Å²) in [5.41, 5.74) is 1.91. The van der Waals surface area contributed by atoms with Crippen LogP contribution in [0.4, 0.5) is 5.69 Å². The van der Waals surface area contributed by atoms with Crippen molar-refractivity contribution in [2.45, 2.75) is 30.7 Å². The molecule has 0 aromatic heterocycles. The molecular weight excluding hydrogens is 664 g/mol. The molecule has 0 radical (unpaired) electrons. The molecule has 0 saturated heterocycles. The lowest BCUT2D eigenvalue weighted by molar-refractivity contribution is -0.385. The number of hydrogen-bond acceptors (Lipinski definition) is 8. The molecule has 12 nitrogen and oxygen atoms in total. The van der Waals surface area contributed by atoms with Crippen molar-refractivity contribution in [1.82, 2.24) is 16.0 Å². The van der Waals surface area contributed by atoms with Gasteiger partial charge in [-0.2, -0.15) is 0 Å². The molecule has 0 unspecified atom stereocenters. The van der Waals surface area contributed by atoms with Crippen molar-refractivity contribution in [2.24, 2.45) is 0 Å². The molecule has 0 aliphatic heterocycles. The number of phenols is 3. The van der Waals surface area contributed by atoms with E-state index in [1.165, 1.54) is 18.2 Å². The number of rotatable bonds is 15. The first-order valence-electron chi connectivity index (χ1n) is 16.6. The van der Waals surface area contributed by atoms with Gasteiger partial charge in [0.25, 0.3) is 5.91 Å². The second-order valence-electron chi connectivity index (χ2n) is 12.2. The molecule has 52 heavy (non-hydrogen) atoms. The Kier molecular flexibility index (Phi) is 11.8. The fraction of sp³-hybridized carbons (Fsp3) is 0.175. The van der Waals surface area contributed by atoms with Gasteiger partial charge in [-0.3, -0.25) is 24.5 Å². The van der Waals surface area contributed by atoms with Crippen LogP contribution >= 0.6 is 0 Å². The van der Waals surface area contributed by atoms with Crippen molar-refractivity contribution in [3.8, 4) is 17.2 Å². The zero-order valence-electron chi connectivity index (χ0n) is 28.1. The Morgan fingerprint density at radius 3 is 1.79 bits per heavy atom. The minimum absolute atomic E-state index is 0.0973. The fourth-order valence-corrected chi connectivity index (χ4v) is 6.07. The van der Waals surface area contributed by atoms with Gasteiger partial charge >= 0.3 is 5.69 Å². The lowest BCUT2D eigenvalue weighted by Gasteiger charge is -2.36. The smallest absolute Gasteiger partial charge is 0.311 e. The molecule has 0 heterocycles. The van der Waals surface area contributed by atoms with Crippen LogP contribution in [-0.4, -0.2) is 57.1 Å². The quantitative estimate of drug-likeness (QED) is 0.0376. The number of nitrogens with zero attached hydrogens (tertiary/aromatic N) is 1. The van der Waals surface area contributed by atoms with E-state index in [-0.39, 0.29) is 55.3 Å². The van der Waals surface area contributed by atoms with Crippen LogP contribution in [0.5, 0.6) is 17.2 Å². The molecule has 0 fully saturated rings. The second-order valence-corrected chi connectivity index (χ2v) is 12.2. The minimum Gasteiger partial charge on any atom is -0.504 e. The zero-order chi connectivity index (χ0) is 37.1. The summed E-state index contributed by atoms with van der Waals surface area (Å²) in [6.45, 7) is 0.282. The van der Waals surface area contributed by atoms with E-state index < -0.39 is 39.6 Å². The van der Waals surface area contributed by atoms with Gasteiger partial charge in [-0.05, 0) is 59.4 Å². The molecule has 3 amide bonds. The number of carbonyl (C=O) groups excluding carboxylic acids is 3. The first-order chi connectivity index (χ1) is 25.1. The first kappa shape index (κ1) is 36.6. The summed E-state index contributed by atoms with van der Waals surface area (Å²) in [5.74, 6) is -3.01. The van der Waals surface area contributed by atoms with Gasteiger partial charge in [0, 0.05) is 31.1 Å². The van der Waals surface area contributed by atoms with E-state index in [2.05, 4.69) is 16.0 Å². The highest BCUT2D eigenvalue weighted by molar-refractivity contribution is 5.98. The predicted octanol–water partition coefficient (Wildman–Crippen LogP) is 5.10. The molecule has 0 aliphatic carbocycles. The number of amides is 3. The van der Waals surface area contributed by atoms with E-state index in [1.807, 2.05) is 91.0 Å². The molecule has 0 spiro atoms. The van der Waals surface area contributed by atoms with Crippen molar-refractivity contribution < 1.29 is 34.6 Å². The zero-order valence-corrected chi connectivity index (χ0v) is 28.1. The number of nitro groups is 1. The van der Waals surface area contributed by atoms with Gasteiger partial charge in [-0.15, -0.1) is 0 Å². The highest BCUT2D eigenvalue weighted by atomic mass is 16.6. The number of carbonyl (C=O) groups is 3. The number of aromatic hydroxyl groups is 3. The van der Waals surface area contributed by atoms with Gasteiger partial charge in [0.15, 0.2) is 17.2 Å². The number of nitrogens with one attached hydrogen (secondary N) is 3. The maximum atomic E-state index is 13.6. The normalized spacial score (nSPS) is 11.6. The van der Waals surface area contributed by atoms with Gasteiger partial charge in [-0.25, -0.2) is 0 Å². The van der Waals surface area contributed by atoms with Crippen LogP contribution in [0.1, 0.15) is 45.5 Å². The molecule has 5 aromatic rings. The third-order valence-electron chi connectivity index (χ3n) is 8.82. The van der Waals surface area contributed by atoms with Crippen LogP contribution in [0, 0.1) is 10.1 Å². The summed E-state index contributed by atoms with van der Waals surface area (Å²) >= 11 is 0. The van der Waals surface area contributed by atoms with Crippen molar-refractivity contribution >= 4 is 23.4 Å². The van der Waals surface area contributed by atoms with E-state index in [1.54, 1.807) is 6.07 Å². The Balaban J connectivity index is 1.34. The molecule has 0 bridgehead atoms. The molecule has 266 valence electrons. The van der Waals surface area contributed by atoms with Gasteiger partial charge < -0.3 is 31.3 Å². The molecule has 0 aliphatic rings. The monoisotopic (exact) mass is 702 g/mol. The van der Waals surface area contributed by atoms with Gasteiger partial charge in [0.1, 0.15) is 6.04 Å². The van der Waals surface area contributed by atoms with Crippen molar-refractivity contribution in [2.75, 3.05) is 13.1 Å². The number of hydrogen-bond donors (Lipinski definition) is 6. The molecule has 12 heteroatoms. The van der Waals surface area contributed by atoms with Gasteiger partial charge in [-0.1, -0.05) is 97.1 Å². The van der Waals surface area contributed by atoms with Crippen LogP contribution in [0.2, 0.25) is 0 Å². The van der Waals surface area contributed by atoms with E-state index in [9.17, 15) is 39.8 Å². The summed E-state index contributed by atoms with van der Waals surface area (Å²) in [5, 5.41) is 49.0. The van der Waals surface area contributed by atoms with Crippen LogP contribution < -0.4 is 16.0 Å². The predicted molar refractivity (Wildman–Crippen MR) is 194 cm³/mol. The standard InChI is InChI=1S/C40H38N4O8/c45-34-20-17-28(25-33(34)44(51)52)38(49)43-32(39(50)41-23-22-27-16-19-35(46)36(47)24-27)18-21-37(48)42-26-40(29-10-4-1-5-11-29,30-12-6-2-7-13-30)31-14-8-3-9-15-31/h1-17,19-20,24-25,32,45-47H,18,21-23,26H2,(H,41,50)(H,42,48)(H,43,49)/t32-/m0/s1. The van der Waals surface area contributed by atoms with E-state index in [0.29, 0.717) is 5.56 Å². The summed E-state index contributed by atoms with van der Waals surface area (Å²) < 4.78 is 0. The third-order valence-corrected chi connectivity index (χ3v) is 8.82. The fourth-order valence-electron chi connectivity index (χ4n) is 6.07. The lowest BCUT2D eigenvalue weighted by atomic mass is 9.69. The molecular formula is C40H38N4O8. The summed E-state index contributed by atoms with van der Waals surface area (Å²) in [7, 11) is 0. The number of benzene rings is 5. The largest absolute Gasteiger partial charge is 0.504 e. The van der Waals surface area contributed by atoms with E-state index in [0.717, 1.165) is 28.8 Å². The summed E-state index contributed by atoms with van der Waals surface area (Å²) in [4.78, 5) is 50.8. The number of phenolic OH excluding ortho intramolecular Hbond substituents is 3. The highest BCUT2D eigenvalue weighted by Crippen LogP contribution is 2.38. The van der Waals surface area contributed by atoms with E-state index >= 15 is 0 Å². The molecule has 5 rings (SSSR count). The topological polar surface area (TPSA) is 191 Å². The average Bonchev–Trinajstić information content (AvgIpc) is 3.16. The third kappa shape index (κ3) is 8.72. The summed E-state index contributed by atoms with van der Waals surface area (Å²) in [6.07, 6.45) is 0.0123. The average molecular weight is 703 g/mol. The van der Waals surface area contributed by atoms with Crippen molar-refractivity contribution in [3.05, 3.63) is 165 Å². The molecule has 1 atom stereocenters. The molecule has 6 N–H and O–H groups in total. The second kappa shape index (κ2) is 16.8. The van der Waals surface area contributed by atoms with Gasteiger partial charge in [0.05, 0.1) is 10.3 Å². The Hall–Kier alpha value is -6.69. The van der Waals surface area contributed by atoms with Gasteiger partial charge in [0.2, 0.25) is 11.8 Å². The Bertz CT molecular complexity index is 1930. The van der Waals surface area contributed by atoms with Crippen LogP contribution in [0.15, 0.2) is 127 Å². The number of nitro benzene ring substituents is 1. The lowest BCUT2D eigenvalue weighted by Crippen LogP contribution is -2.48. The van der Waals surface area contributed by atoms with Crippen molar-refractivity contribution in [1.29, 1.82) is 0 Å². The van der Waals surface area contributed by atoms with Crippen LogP contribution in [-0.2, 0) is 21.4 Å². The first-order valence-corrected chi connectivity index (χ1v) is 16.6. The molecule has 5 aromatic carbocycles. The maximum Gasteiger partial charge on any atom is 0.311 e. The van der Waals surface area contributed by atoms with Crippen LogP contribution in [0.3, 0.4) is 0 Å². The SMILES string of the molecule is O=C(CC[C@H](NC(=O)c1ccc(O)c([N+](=O)[O-])c1)C(=O)NCCc1ccc(O)c(O)c1)NCC(c1ccccc1)(c1ccccc1)c1ccccc1. The Labute approximate surface area is 299 Å². The van der Waals surface area contributed by atoms with Crippen LogP contribution in [0.25, 0.3) is 0 Å². The summed E-state index contributed by atoms with van der Waals surface area (Å²) in [6, 6.07) is 35.6. The van der Waals surface area contributed by atoms with Crippen molar-refractivity contribution in [3.63, 3.8) is 0 Å². The highest BCUT2D eigenvalue weighted by Gasteiger charge is 2.37. The maximum absolute atomic E-state index is 13.6. The Morgan fingerprint density at radius 2 is 1.25 bits per heavy atom. The molecule has 0 saturated carbocycles.